The molecule has 2 saturated heterocycles. The molecule has 1 amide bonds. The van der Waals surface area contributed by atoms with Crippen LogP contribution in [0.1, 0.15) is 38.7 Å². The molecular weight excluding hydrogens is 362 g/mol. The van der Waals surface area contributed by atoms with E-state index in [-0.39, 0.29) is 35.9 Å². The summed E-state index contributed by atoms with van der Waals surface area (Å²) in [6, 6.07) is 10.5. The summed E-state index contributed by atoms with van der Waals surface area (Å²) in [6.07, 6.45) is 3.07. The standard InChI is InChI=1S/C21H33N3O2.ClH/c1-21(2)16-23(11-10-19(21)22)14-20(25)24-12-8-18(9-13-24)26-15-17-6-4-3-5-7-17;/h3-7,18-19H,8-16,22H2,1-2H3;1H. The first-order valence-corrected chi connectivity index (χ1v) is 9.85. The second-order valence-corrected chi connectivity index (χ2v) is 8.47. The molecule has 0 radical (unpaired) electrons. The van der Waals surface area contributed by atoms with Crippen LogP contribution < -0.4 is 5.73 Å². The molecule has 2 aliphatic heterocycles. The van der Waals surface area contributed by atoms with Crippen molar-refractivity contribution in [2.75, 3.05) is 32.7 Å². The van der Waals surface area contributed by atoms with Gasteiger partial charge in [0.25, 0.3) is 0 Å². The fraction of sp³-hybridized carbons (Fsp3) is 0.667. The van der Waals surface area contributed by atoms with Gasteiger partial charge < -0.3 is 15.4 Å². The van der Waals surface area contributed by atoms with Gasteiger partial charge >= 0.3 is 0 Å². The third-order valence-corrected chi connectivity index (χ3v) is 5.87. The smallest absolute Gasteiger partial charge is 0.236 e. The molecule has 152 valence electrons. The summed E-state index contributed by atoms with van der Waals surface area (Å²) in [7, 11) is 0. The molecule has 2 fully saturated rings. The molecule has 6 heteroatoms. The molecule has 0 aromatic heterocycles. The van der Waals surface area contributed by atoms with E-state index >= 15 is 0 Å². The number of likely N-dealkylation sites (tertiary alicyclic amines) is 2. The molecule has 1 atom stereocenters. The van der Waals surface area contributed by atoms with E-state index in [2.05, 4.69) is 30.9 Å². The van der Waals surface area contributed by atoms with Crippen molar-refractivity contribution in [2.45, 2.75) is 51.9 Å². The second-order valence-electron chi connectivity index (χ2n) is 8.47. The van der Waals surface area contributed by atoms with E-state index < -0.39 is 0 Å². The van der Waals surface area contributed by atoms with E-state index in [1.165, 1.54) is 5.56 Å². The lowest BCUT2D eigenvalue weighted by atomic mass is 9.80. The van der Waals surface area contributed by atoms with Crippen LogP contribution in [0.3, 0.4) is 0 Å². The molecule has 1 aromatic carbocycles. The average Bonchev–Trinajstić information content (AvgIpc) is 2.64. The predicted molar refractivity (Wildman–Crippen MR) is 111 cm³/mol. The minimum atomic E-state index is 0. The van der Waals surface area contributed by atoms with Gasteiger partial charge in [-0.15, -0.1) is 12.4 Å². The lowest BCUT2D eigenvalue weighted by molar-refractivity contribution is -0.136. The van der Waals surface area contributed by atoms with Crippen LogP contribution >= 0.6 is 12.4 Å². The maximum absolute atomic E-state index is 12.7. The van der Waals surface area contributed by atoms with Crippen LogP contribution in [0.15, 0.2) is 30.3 Å². The van der Waals surface area contributed by atoms with E-state index in [1.807, 2.05) is 23.1 Å². The van der Waals surface area contributed by atoms with Gasteiger partial charge in [0.05, 0.1) is 19.3 Å². The van der Waals surface area contributed by atoms with Crippen molar-refractivity contribution in [3.8, 4) is 0 Å². The molecule has 2 heterocycles. The Morgan fingerprint density at radius 2 is 1.81 bits per heavy atom. The molecular formula is C21H34ClN3O2. The molecule has 0 saturated carbocycles. The minimum absolute atomic E-state index is 0. The lowest BCUT2D eigenvalue weighted by Gasteiger charge is -2.43. The van der Waals surface area contributed by atoms with E-state index in [9.17, 15) is 4.79 Å². The van der Waals surface area contributed by atoms with E-state index in [0.29, 0.717) is 13.2 Å². The summed E-state index contributed by atoms with van der Waals surface area (Å²) in [6.45, 7) is 9.00. The SMILES string of the molecule is CC1(C)CN(CC(=O)N2CCC(OCc3ccccc3)CC2)CCC1N.Cl. The highest BCUT2D eigenvalue weighted by Gasteiger charge is 2.34. The van der Waals surface area contributed by atoms with Crippen molar-refractivity contribution in [1.82, 2.24) is 9.80 Å². The predicted octanol–water partition coefficient (Wildman–Crippen LogP) is 2.68. The van der Waals surface area contributed by atoms with Gasteiger partial charge in [-0.1, -0.05) is 44.2 Å². The fourth-order valence-electron chi connectivity index (χ4n) is 3.97. The zero-order valence-electron chi connectivity index (χ0n) is 16.6. The number of benzene rings is 1. The van der Waals surface area contributed by atoms with Gasteiger partial charge in [-0.2, -0.15) is 0 Å². The molecule has 0 aliphatic carbocycles. The number of nitrogens with two attached hydrogens (primary N) is 1. The highest BCUT2D eigenvalue weighted by Crippen LogP contribution is 2.27. The Bertz CT molecular complexity index is 588. The van der Waals surface area contributed by atoms with Crippen LogP contribution in [0.4, 0.5) is 0 Å². The maximum atomic E-state index is 12.7. The number of halogens is 1. The van der Waals surface area contributed by atoms with Crippen LogP contribution in [0.25, 0.3) is 0 Å². The van der Waals surface area contributed by atoms with Crippen molar-refractivity contribution in [3.63, 3.8) is 0 Å². The first kappa shape index (κ1) is 22.2. The summed E-state index contributed by atoms with van der Waals surface area (Å²) in [4.78, 5) is 16.9. The number of hydrogen-bond donors (Lipinski definition) is 1. The molecule has 2 aliphatic rings. The number of amides is 1. The first-order chi connectivity index (χ1) is 12.4. The van der Waals surface area contributed by atoms with Gasteiger partial charge in [0.15, 0.2) is 0 Å². The number of carbonyl (C=O) groups is 1. The quantitative estimate of drug-likeness (QED) is 0.832. The van der Waals surface area contributed by atoms with Crippen molar-refractivity contribution in [1.29, 1.82) is 0 Å². The van der Waals surface area contributed by atoms with Gasteiger partial charge in [0.1, 0.15) is 0 Å². The van der Waals surface area contributed by atoms with Crippen molar-refractivity contribution >= 4 is 18.3 Å². The summed E-state index contributed by atoms with van der Waals surface area (Å²) in [5.41, 5.74) is 7.48. The Balaban J connectivity index is 0.00000261. The Hall–Kier alpha value is -1.14. The zero-order valence-corrected chi connectivity index (χ0v) is 17.4. The molecule has 0 bridgehead atoms. The summed E-state index contributed by atoms with van der Waals surface area (Å²) in [5.74, 6) is 0.248. The third kappa shape index (κ3) is 6.18. The van der Waals surface area contributed by atoms with Crippen LogP contribution in [-0.2, 0) is 16.1 Å². The summed E-state index contributed by atoms with van der Waals surface area (Å²) < 4.78 is 6.02. The van der Waals surface area contributed by atoms with Crippen LogP contribution in [0.5, 0.6) is 0 Å². The van der Waals surface area contributed by atoms with Gasteiger partial charge in [0, 0.05) is 32.2 Å². The number of carbonyl (C=O) groups excluding carboxylic acids is 1. The molecule has 2 N–H and O–H groups in total. The van der Waals surface area contributed by atoms with Gasteiger partial charge in [0.2, 0.25) is 5.91 Å². The maximum Gasteiger partial charge on any atom is 0.236 e. The van der Waals surface area contributed by atoms with Crippen LogP contribution in [-0.4, -0.2) is 60.6 Å². The monoisotopic (exact) mass is 395 g/mol. The Kier molecular flexibility index (Phi) is 8.10. The summed E-state index contributed by atoms with van der Waals surface area (Å²) >= 11 is 0. The zero-order chi connectivity index (χ0) is 18.6. The number of piperidine rings is 2. The van der Waals surface area contributed by atoms with Crippen molar-refractivity contribution in [3.05, 3.63) is 35.9 Å². The van der Waals surface area contributed by atoms with Gasteiger partial charge in [-0.25, -0.2) is 0 Å². The molecule has 27 heavy (non-hydrogen) atoms. The Labute approximate surface area is 169 Å². The third-order valence-electron chi connectivity index (χ3n) is 5.87. The average molecular weight is 396 g/mol. The molecule has 3 rings (SSSR count). The fourth-order valence-corrected chi connectivity index (χ4v) is 3.97. The first-order valence-electron chi connectivity index (χ1n) is 9.85. The lowest BCUT2D eigenvalue weighted by Crippen LogP contribution is -2.55. The normalized spacial score (nSPS) is 23.7. The number of ether oxygens (including phenoxy) is 1. The molecule has 0 spiro atoms. The van der Waals surface area contributed by atoms with E-state index in [4.69, 9.17) is 10.5 Å². The number of rotatable bonds is 5. The van der Waals surface area contributed by atoms with Gasteiger partial charge in [-0.05, 0) is 30.2 Å². The minimum Gasteiger partial charge on any atom is -0.373 e. The molecule has 1 aromatic rings. The van der Waals surface area contributed by atoms with Crippen molar-refractivity contribution < 1.29 is 9.53 Å². The molecule has 1 unspecified atom stereocenters. The Morgan fingerprint density at radius 3 is 2.44 bits per heavy atom. The molecule has 5 nitrogen and oxygen atoms in total. The number of hydrogen-bond acceptors (Lipinski definition) is 4. The van der Waals surface area contributed by atoms with E-state index in [0.717, 1.165) is 45.4 Å². The van der Waals surface area contributed by atoms with Crippen LogP contribution in [0.2, 0.25) is 0 Å². The number of nitrogens with zero attached hydrogens (tertiary/aromatic N) is 2. The Morgan fingerprint density at radius 1 is 1.15 bits per heavy atom. The largest absolute Gasteiger partial charge is 0.373 e. The second kappa shape index (κ2) is 9.87. The summed E-state index contributed by atoms with van der Waals surface area (Å²) in [5, 5.41) is 0. The van der Waals surface area contributed by atoms with Crippen molar-refractivity contribution in [2.24, 2.45) is 11.1 Å². The van der Waals surface area contributed by atoms with Crippen LogP contribution in [0, 0.1) is 5.41 Å². The topological polar surface area (TPSA) is 58.8 Å². The highest BCUT2D eigenvalue weighted by molar-refractivity contribution is 5.85. The van der Waals surface area contributed by atoms with E-state index in [1.54, 1.807) is 0 Å². The highest BCUT2D eigenvalue weighted by atomic mass is 35.5. The van der Waals surface area contributed by atoms with Gasteiger partial charge in [-0.3, -0.25) is 9.69 Å².